The quantitative estimate of drug-likeness (QED) is 0.894. The average molecular weight is 375 g/mol. The lowest BCUT2D eigenvalue weighted by atomic mass is 10.1. The molecule has 0 aromatic heterocycles. The molecular weight excluding hydrogens is 355 g/mol. The molecule has 1 saturated heterocycles. The third kappa shape index (κ3) is 3.35. The van der Waals surface area contributed by atoms with E-state index in [1.165, 1.54) is 0 Å². The summed E-state index contributed by atoms with van der Waals surface area (Å²) < 4.78 is 27.8. The molecule has 126 valence electrons. The third-order valence-electron chi connectivity index (χ3n) is 4.26. The minimum atomic E-state index is -3.57. The van der Waals surface area contributed by atoms with Crippen molar-refractivity contribution in [2.75, 3.05) is 13.1 Å². The first-order valence-corrected chi connectivity index (χ1v) is 9.26. The molecule has 2 aromatic rings. The van der Waals surface area contributed by atoms with Crippen molar-refractivity contribution in [3.8, 4) is 0 Å². The largest absolute Gasteiger partial charge is 0.329 e. The second-order valence-corrected chi connectivity index (χ2v) is 7.86. The standard InChI is InChI=1S/C16H19ClN2O2S.ClH/c17-15-8-9-16(14-7-2-1-6-13(14)15)22(20,21)19-10-4-3-5-12(19)11-18;/h1-2,6-9,12H,3-5,10-11,18H2;1H. The molecule has 1 aliphatic heterocycles. The zero-order valence-corrected chi connectivity index (χ0v) is 15.0. The van der Waals surface area contributed by atoms with Gasteiger partial charge in [0.25, 0.3) is 0 Å². The molecule has 1 fully saturated rings. The number of fused-ring (bicyclic) bond motifs is 1. The monoisotopic (exact) mass is 374 g/mol. The summed E-state index contributed by atoms with van der Waals surface area (Å²) in [6, 6.07) is 10.5. The van der Waals surface area contributed by atoms with Crippen LogP contribution < -0.4 is 5.73 Å². The molecule has 0 spiro atoms. The van der Waals surface area contributed by atoms with Gasteiger partial charge in [-0.3, -0.25) is 0 Å². The highest BCUT2D eigenvalue weighted by molar-refractivity contribution is 7.89. The Morgan fingerprint density at radius 3 is 2.52 bits per heavy atom. The molecule has 2 N–H and O–H groups in total. The Morgan fingerprint density at radius 1 is 1.13 bits per heavy atom. The van der Waals surface area contributed by atoms with Crippen molar-refractivity contribution in [2.45, 2.75) is 30.2 Å². The number of nitrogens with zero attached hydrogens (tertiary/aromatic N) is 1. The van der Waals surface area contributed by atoms with E-state index in [0.717, 1.165) is 24.6 Å². The highest BCUT2D eigenvalue weighted by Crippen LogP contribution is 2.33. The summed E-state index contributed by atoms with van der Waals surface area (Å²) in [5.74, 6) is 0. The molecule has 0 radical (unpaired) electrons. The molecule has 3 rings (SSSR count). The van der Waals surface area contributed by atoms with Crippen molar-refractivity contribution in [2.24, 2.45) is 5.73 Å². The summed E-state index contributed by atoms with van der Waals surface area (Å²) in [7, 11) is -3.57. The fourth-order valence-corrected chi connectivity index (χ4v) is 5.24. The Labute approximate surface area is 148 Å². The first-order valence-electron chi connectivity index (χ1n) is 7.45. The molecule has 1 unspecified atom stereocenters. The number of hydrogen-bond donors (Lipinski definition) is 1. The minimum Gasteiger partial charge on any atom is -0.329 e. The summed E-state index contributed by atoms with van der Waals surface area (Å²) in [4.78, 5) is 0.313. The number of sulfonamides is 1. The zero-order valence-electron chi connectivity index (χ0n) is 12.6. The Bertz CT molecular complexity index is 796. The lowest BCUT2D eigenvalue weighted by molar-refractivity contribution is 0.258. The molecular formula is C16H20Cl2N2O2S. The van der Waals surface area contributed by atoms with Crippen molar-refractivity contribution < 1.29 is 8.42 Å². The summed E-state index contributed by atoms with van der Waals surface area (Å²) in [5, 5.41) is 1.98. The molecule has 0 aliphatic carbocycles. The molecule has 0 saturated carbocycles. The smallest absolute Gasteiger partial charge is 0.243 e. The first-order chi connectivity index (χ1) is 10.6. The van der Waals surface area contributed by atoms with Crippen molar-refractivity contribution in [1.29, 1.82) is 0 Å². The van der Waals surface area contributed by atoms with Crippen LogP contribution in [0, 0.1) is 0 Å². The molecule has 1 atom stereocenters. The lowest BCUT2D eigenvalue weighted by Crippen LogP contribution is -2.47. The van der Waals surface area contributed by atoms with Gasteiger partial charge >= 0.3 is 0 Å². The van der Waals surface area contributed by atoms with Crippen LogP contribution in [-0.2, 0) is 10.0 Å². The van der Waals surface area contributed by atoms with E-state index in [9.17, 15) is 8.42 Å². The van der Waals surface area contributed by atoms with Crippen LogP contribution in [0.4, 0.5) is 0 Å². The summed E-state index contributed by atoms with van der Waals surface area (Å²) >= 11 is 6.19. The van der Waals surface area contributed by atoms with Crippen LogP contribution in [0.3, 0.4) is 0 Å². The van der Waals surface area contributed by atoms with Crippen molar-refractivity contribution in [1.82, 2.24) is 4.31 Å². The maximum atomic E-state index is 13.1. The number of piperidine rings is 1. The molecule has 0 bridgehead atoms. The molecule has 7 heteroatoms. The number of hydrogen-bond acceptors (Lipinski definition) is 3. The van der Waals surface area contributed by atoms with Gasteiger partial charge in [0.1, 0.15) is 0 Å². The van der Waals surface area contributed by atoms with Crippen molar-refractivity contribution in [3.05, 3.63) is 41.4 Å². The van der Waals surface area contributed by atoms with Gasteiger partial charge in [-0.2, -0.15) is 4.31 Å². The number of rotatable bonds is 3. The Balaban J connectivity index is 0.00000192. The number of benzene rings is 2. The van der Waals surface area contributed by atoms with E-state index < -0.39 is 10.0 Å². The predicted octanol–water partition coefficient (Wildman–Crippen LogP) is 3.42. The minimum absolute atomic E-state index is 0. The maximum Gasteiger partial charge on any atom is 0.243 e. The van der Waals surface area contributed by atoms with Crippen LogP contribution in [0.2, 0.25) is 5.02 Å². The van der Waals surface area contributed by atoms with Gasteiger partial charge < -0.3 is 5.73 Å². The molecule has 1 aliphatic rings. The third-order valence-corrected chi connectivity index (χ3v) is 6.60. The summed E-state index contributed by atoms with van der Waals surface area (Å²) in [5.41, 5.74) is 5.78. The highest BCUT2D eigenvalue weighted by atomic mass is 35.5. The highest BCUT2D eigenvalue weighted by Gasteiger charge is 2.33. The fraction of sp³-hybridized carbons (Fsp3) is 0.375. The summed E-state index contributed by atoms with van der Waals surface area (Å²) in [6.07, 6.45) is 2.72. The Hall–Kier alpha value is -0.850. The van der Waals surface area contributed by atoms with Gasteiger partial charge in [-0.05, 0) is 25.0 Å². The van der Waals surface area contributed by atoms with Gasteiger partial charge in [0.15, 0.2) is 0 Å². The second kappa shape index (κ2) is 7.36. The predicted molar refractivity (Wildman–Crippen MR) is 96.8 cm³/mol. The van der Waals surface area contributed by atoms with E-state index in [-0.39, 0.29) is 18.4 Å². The molecule has 23 heavy (non-hydrogen) atoms. The van der Waals surface area contributed by atoms with Gasteiger partial charge in [0, 0.05) is 34.9 Å². The van der Waals surface area contributed by atoms with Crippen LogP contribution in [0.5, 0.6) is 0 Å². The lowest BCUT2D eigenvalue weighted by Gasteiger charge is -2.34. The topological polar surface area (TPSA) is 63.4 Å². The van der Waals surface area contributed by atoms with Gasteiger partial charge in [0.05, 0.1) is 4.90 Å². The van der Waals surface area contributed by atoms with E-state index in [2.05, 4.69) is 0 Å². The molecule has 2 aromatic carbocycles. The fourth-order valence-electron chi connectivity index (χ4n) is 3.11. The van der Waals surface area contributed by atoms with Crippen LogP contribution >= 0.6 is 24.0 Å². The zero-order chi connectivity index (χ0) is 15.7. The SMILES string of the molecule is Cl.NCC1CCCCN1S(=O)(=O)c1ccc(Cl)c2ccccc12. The van der Waals surface area contributed by atoms with Crippen LogP contribution in [0.25, 0.3) is 10.8 Å². The van der Waals surface area contributed by atoms with Gasteiger partial charge in [-0.25, -0.2) is 8.42 Å². The molecule has 0 amide bonds. The van der Waals surface area contributed by atoms with E-state index in [1.807, 2.05) is 18.2 Å². The maximum absolute atomic E-state index is 13.1. The molecule has 1 heterocycles. The van der Waals surface area contributed by atoms with E-state index in [4.69, 9.17) is 17.3 Å². The van der Waals surface area contributed by atoms with E-state index in [0.29, 0.717) is 28.4 Å². The first kappa shape index (κ1) is 18.5. The Morgan fingerprint density at radius 2 is 1.83 bits per heavy atom. The van der Waals surface area contributed by atoms with Crippen LogP contribution in [0.1, 0.15) is 19.3 Å². The van der Waals surface area contributed by atoms with Gasteiger partial charge in [-0.15, -0.1) is 12.4 Å². The Kier molecular flexibility index (Phi) is 5.92. The van der Waals surface area contributed by atoms with Gasteiger partial charge in [-0.1, -0.05) is 42.3 Å². The second-order valence-electron chi connectivity index (χ2n) is 5.59. The van der Waals surface area contributed by atoms with Crippen molar-refractivity contribution >= 4 is 44.8 Å². The van der Waals surface area contributed by atoms with Crippen LogP contribution in [0.15, 0.2) is 41.3 Å². The van der Waals surface area contributed by atoms with Crippen LogP contribution in [-0.4, -0.2) is 31.9 Å². The van der Waals surface area contributed by atoms with Crippen molar-refractivity contribution in [3.63, 3.8) is 0 Å². The number of nitrogens with two attached hydrogens (primary N) is 1. The van der Waals surface area contributed by atoms with E-state index >= 15 is 0 Å². The van der Waals surface area contributed by atoms with Gasteiger partial charge in [0.2, 0.25) is 10.0 Å². The normalized spacial score (nSPS) is 19.5. The average Bonchev–Trinajstić information content (AvgIpc) is 2.55. The van der Waals surface area contributed by atoms with E-state index in [1.54, 1.807) is 22.5 Å². The number of halogens is 2. The molecule has 4 nitrogen and oxygen atoms in total. The summed E-state index contributed by atoms with van der Waals surface area (Å²) in [6.45, 7) is 0.881.